The first kappa shape index (κ1) is 32.6. The number of para-hydroxylation sites is 2. The molecule has 0 aliphatic heterocycles. The van der Waals surface area contributed by atoms with Crippen LogP contribution in [0.2, 0.25) is 0 Å². The van der Waals surface area contributed by atoms with Crippen molar-refractivity contribution in [3.05, 3.63) is 144 Å². The van der Waals surface area contributed by atoms with Gasteiger partial charge in [0.2, 0.25) is 0 Å². The minimum atomic E-state index is 0. The van der Waals surface area contributed by atoms with Gasteiger partial charge in [0, 0.05) is 25.8 Å². The quantitative estimate of drug-likeness (QED) is 0.131. The molecule has 0 fully saturated rings. The monoisotopic (exact) mass is 681 g/mol. The van der Waals surface area contributed by atoms with Crippen molar-refractivity contribution in [3.8, 4) is 11.1 Å². The number of hydrogen-bond donors (Lipinski definition) is 0. The van der Waals surface area contributed by atoms with E-state index >= 15 is 0 Å². The molecule has 0 amide bonds. The van der Waals surface area contributed by atoms with Crippen LogP contribution in [0, 0.1) is 20.9 Å². The topological polar surface area (TPSA) is 28.2 Å². The minimum Gasteiger partial charge on any atom is -0.681 e. The van der Waals surface area contributed by atoms with Crippen molar-refractivity contribution in [1.82, 2.24) is 0 Å². The molecule has 1 unspecified atom stereocenters. The van der Waals surface area contributed by atoms with Crippen LogP contribution < -0.4 is 0 Å². The molecule has 5 rings (SSSR count). The molecule has 0 aromatic heterocycles. The SMILES string of the molecule is CC(C)c1cccc(C(C)C)c1[N-]Cc1[c-]c(-c2cccc3c2C([N-]c2ccccc2)CC3)ccc1.[CH3-].[CH3-].[Hf]. The molecule has 0 heterocycles. The first-order valence-corrected chi connectivity index (χ1v) is 13.2. The molecule has 4 aromatic carbocycles. The molecule has 1 aliphatic rings. The van der Waals surface area contributed by atoms with Crippen molar-refractivity contribution in [2.45, 2.75) is 65.0 Å². The molecular weight excluding hydrogens is 639 g/mol. The largest absolute Gasteiger partial charge is 0.681 e. The zero-order valence-corrected chi connectivity index (χ0v) is 27.9. The predicted molar refractivity (Wildman–Crippen MR) is 165 cm³/mol. The molecule has 2 nitrogen and oxygen atoms in total. The van der Waals surface area contributed by atoms with Crippen LogP contribution in [0.15, 0.2) is 84.9 Å². The van der Waals surface area contributed by atoms with Gasteiger partial charge in [-0.2, -0.15) is 0 Å². The van der Waals surface area contributed by atoms with Gasteiger partial charge in [-0.05, 0) is 18.3 Å². The maximum absolute atomic E-state index is 5.15. The van der Waals surface area contributed by atoms with E-state index in [0.717, 1.165) is 35.3 Å². The van der Waals surface area contributed by atoms with Gasteiger partial charge >= 0.3 is 0 Å². The third-order valence-corrected chi connectivity index (χ3v) is 7.17. The van der Waals surface area contributed by atoms with Crippen molar-refractivity contribution >= 4 is 11.4 Å². The number of nitrogens with zero attached hydrogens (tertiary/aromatic N) is 2. The molecule has 4 aromatic rings. The van der Waals surface area contributed by atoms with E-state index in [9.17, 15) is 0 Å². The Morgan fingerprint density at radius 3 is 2.08 bits per heavy atom. The second-order valence-corrected chi connectivity index (χ2v) is 10.4. The summed E-state index contributed by atoms with van der Waals surface area (Å²) in [5, 5.41) is 10.3. The third-order valence-electron chi connectivity index (χ3n) is 7.17. The summed E-state index contributed by atoms with van der Waals surface area (Å²) in [5.41, 5.74) is 11.1. The molecular formula is C36H41HfN2-5. The number of aryl methyl sites for hydroxylation is 1. The van der Waals surface area contributed by atoms with Crippen LogP contribution in [0.1, 0.15) is 79.8 Å². The van der Waals surface area contributed by atoms with Gasteiger partial charge < -0.3 is 25.5 Å². The van der Waals surface area contributed by atoms with Crippen molar-refractivity contribution < 1.29 is 25.8 Å². The average molecular weight is 680 g/mol. The van der Waals surface area contributed by atoms with Crippen LogP contribution in [0.4, 0.5) is 11.4 Å². The molecule has 0 bridgehead atoms. The van der Waals surface area contributed by atoms with E-state index in [-0.39, 0.29) is 46.7 Å². The second kappa shape index (κ2) is 14.7. The fourth-order valence-electron chi connectivity index (χ4n) is 5.34. The Balaban J connectivity index is 0.00000178. The summed E-state index contributed by atoms with van der Waals surface area (Å²) in [4.78, 5) is 0. The van der Waals surface area contributed by atoms with E-state index in [4.69, 9.17) is 10.6 Å². The molecule has 0 spiro atoms. The Morgan fingerprint density at radius 1 is 0.769 bits per heavy atom. The fourth-order valence-corrected chi connectivity index (χ4v) is 5.34. The average Bonchev–Trinajstić information content (AvgIpc) is 3.30. The molecule has 1 aliphatic carbocycles. The molecule has 1 atom stereocenters. The first-order chi connectivity index (χ1) is 17.5. The normalized spacial score (nSPS) is 13.6. The van der Waals surface area contributed by atoms with Crippen molar-refractivity contribution in [3.63, 3.8) is 0 Å². The molecule has 0 radical (unpaired) electrons. The van der Waals surface area contributed by atoms with Crippen LogP contribution >= 0.6 is 0 Å². The van der Waals surface area contributed by atoms with Crippen LogP contribution in [0.3, 0.4) is 0 Å². The van der Waals surface area contributed by atoms with Crippen LogP contribution in [0.5, 0.6) is 0 Å². The standard InChI is InChI=1S/C34H35N2.2CH3.Hf/c1-23(2)29-16-10-17-30(24(3)4)34(29)35-22-25-11-8-13-27(21-25)31-18-9-12-26-19-20-32(33(26)31)36-28-14-6-5-7-15-28;;;/h5-18,23-24,32H,19-20,22H2,1-4H3;2*1H3;/q-3;2*-1;. The Morgan fingerprint density at radius 2 is 1.41 bits per heavy atom. The number of benzene rings is 4. The molecule has 3 heteroatoms. The van der Waals surface area contributed by atoms with E-state index in [2.05, 4.69) is 113 Å². The number of fused-ring (bicyclic) bond motifs is 1. The summed E-state index contributed by atoms with van der Waals surface area (Å²) in [6.45, 7) is 9.62. The van der Waals surface area contributed by atoms with E-state index in [1.807, 2.05) is 6.07 Å². The summed E-state index contributed by atoms with van der Waals surface area (Å²) < 4.78 is 0. The minimum absolute atomic E-state index is 0. The second-order valence-electron chi connectivity index (χ2n) is 10.4. The Bertz CT molecular complexity index is 1300. The zero-order valence-electron chi connectivity index (χ0n) is 24.3. The van der Waals surface area contributed by atoms with Gasteiger partial charge in [-0.25, -0.2) is 0 Å². The summed E-state index contributed by atoms with van der Waals surface area (Å²) in [6, 6.07) is 34.0. The molecule has 0 saturated carbocycles. The number of hydrogen-bond acceptors (Lipinski definition) is 0. The van der Waals surface area contributed by atoms with Gasteiger partial charge in [0.25, 0.3) is 0 Å². The van der Waals surface area contributed by atoms with Crippen molar-refractivity contribution in [1.29, 1.82) is 0 Å². The van der Waals surface area contributed by atoms with E-state index in [0.29, 0.717) is 18.4 Å². The van der Waals surface area contributed by atoms with E-state index < -0.39 is 0 Å². The molecule has 39 heavy (non-hydrogen) atoms. The van der Waals surface area contributed by atoms with Crippen LogP contribution in [-0.4, -0.2) is 0 Å². The van der Waals surface area contributed by atoms with Gasteiger partial charge in [0.15, 0.2) is 0 Å². The van der Waals surface area contributed by atoms with Crippen LogP contribution in [0.25, 0.3) is 21.8 Å². The molecule has 0 saturated heterocycles. The van der Waals surface area contributed by atoms with Gasteiger partial charge in [0.05, 0.1) is 0 Å². The van der Waals surface area contributed by atoms with E-state index in [1.54, 1.807) is 0 Å². The maximum atomic E-state index is 5.15. The zero-order chi connectivity index (χ0) is 25.1. The first-order valence-electron chi connectivity index (χ1n) is 13.2. The Kier molecular flexibility index (Phi) is 12.2. The van der Waals surface area contributed by atoms with Gasteiger partial charge in [-0.3, -0.25) is 0 Å². The fraction of sp³-hybridized carbons (Fsp3) is 0.278. The van der Waals surface area contributed by atoms with Crippen molar-refractivity contribution in [2.24, 2.45) is 0 Å². The molecule has 204 valence electrons. The maximum Gasteiger partial charge on any atom is 0 e. The smallest absolute Gasteiger partial charge is 0 e. The van der Waals surface area contributed by atoms with Crippen LogP contribution in [-0.2, 0) is 38.8 Å². The predicted octanol–water partition coefficient (Wildman–Crippen LogP) is 11.2. The summed E-state index contributed by atoms with van der Waals surface area (Å²) >= 11 is 0. The number of rotatable bonds is 8. The summed E-state index contributed by atoms with van der Waals surface area (Å²) in [7, 11) is 0. The third kappa shape index (κ3) is 7.31. The van der Waals surface area contributed by atoms with Gasteiger partial charge in [-0.15, -0.1) is 53.3 Å². The summed E-state index contributed by atoms with van der Waals surface area (Å²) in [6.07, 6.45) is 2.13. The van der Waals surface area contributed by atoms with E-state index in [1.165, 1.54) is 27.8 Å². The molecule has 0 N–H and O–H groups in total. The Labute approximate surface area is 256 Å². The Hall–Kier alpha value is -2.65. The van der Waals surface area contributed by atoms with Gasteiger partial charge in [0.1, 0.15) is 0 Å². The van der Waals surface area contributed by atoms with Gasteiger partial charge in [-0.1, -0.05) is 135 Å². The summed E-state index contributed by atoms with van der Waals surface area (Å²) in [5.74, 6) is 0.880. The van der Waals surface area contributed by atoms with Crippen molar-refractivity contribution in [2.75, 3.05) is 0 Å².